The van der Waals surface area contributed by atoms with Crippen LogP contribution in [0.25, 0.3) is 0 Å². The molecule has 0 spiro atoms. The number of carbonyl (C=O) groups excluding carboxylic acids is 2. The van der Waals surface area contributed by atoms with Crippen molar-refractivity contribution >= 4 is 34.2 Å². The largest absolute Gasteiger partial charge is 0.490 e. The van der Waals surface area contributed by atoms with Crippen molar-refractivity contribution in [1.82, 2.24) is 5.32 Å². The molecule has 2 aromatic carbocycles. The summed E-state index contributed by atoms with van der Waals surface area (Å²) >= 11 is 2.29. The predicted molar refractivity (Wildman–Crippen MR) is 162 cm³/mol. The van der Waals surface area contributed by atoms with E-state index in [1.54, 1.807) is 0 Å². The second-order valence-electron chi connectivity index (χ2n) is 12.8. The molecule has 2 aromatic rings. The fourth-order valence-corrected chi connectivity index (χ4v) is 7.12. The zero-order valence-electron chi connectivity index (χ0n) is 23.8. The number of carbonyl (C=O) groups is 2. The topological polar surface area (TPSA) is 64.6 Å². The number of hydrogen-bond acceptors (Lipinski definition) is 5. The zero-order valence-corrected chi connectivity index (χ0v) is 26.0. The van der Waals surface area contributed by atoms with Crippen LogP contribution in [0.5, 0.6) is 11.5 Å². The highest BCUT2D eigenvalue weighted by Gasteiger charge is 2.46. The average Bonchev–Trinajstić information content (AvgIpc) is 2.80. The summed E-state index contributed by atoms with van der Waals surface area (Å²) in [6.45, 7) is 13.5. The number of benzene rings is 2. The number of nitrogens with one attached hydrogen (secondary N) is 1. The summed E-state index contributed by atoms with van der Waals surface area (Å²) in [5.41, 5.74) is 6.36. The molecular formula is C33H38INO4. The first kappa shape index (κ1) is 27.9. The van der Waals surface area contributed by atoms with Crippen molar-refractivity contribution in [3.8, 4) is 11.5 Å². The number of rotatable bonds is 6. The van der Waals surface area contributed by atoms with Crippen molar-refractivity contribution in [2.75, 3.05) is 6.61 Å². The molecule has 0 aromatic heterocycles. The van der Waals surface area contributed by atoms with Crippen molar-refractivity contribution in [2.45, 2.75) is 79.8 Å². The first-order valence-electron chi connectivity index (χ1n) is 13.8. The summed E-state index contributed by atoms with van der Waals surface area (Å²) in [7, 11) is 0. The number of halogens is 1. The highest BCUT2D eigenvalue weighted by atomic mass is 127. The van der Waals surface area contributed by atoms with E-state index in [2.05, 4.69) is 86.8 Å². The summed E-state index contributed by atoms with van der Waals surface area (Å²) in [6.07, 6.45) is 2.50. The van der Waals surface area contributed by atoms with Gasteiger partial charge in [-0.25, -0.2) is 0 Å². The molecule has 6 heteroatoms. The molecule has 5 rings (SSSR count). The van der Waals surface area contributed by atoms with Gasteiger partial charge >= 0.3 is 0 Å². The predicted octanol–water partition coefficient (Wildman–Crippen LogP) is 7.55. The van der Waals surface area contributed by atoms with E-state index in [4.69, 9.17) is 9.47 Å². The number of ether oxygens (including phenoxy) is 2. The molecule has 2 aliphatic carbocycles. The maximum Gasteiger partial charge on any atom is 0.174 e. The molecule has 0 unspecified atom stereocenters. The first-order chi connectivity index (χ1) is 18.4. The van der Waals surface area contributed by atoms with E-state index in [-0.39, 0.29) is 22.4 Å². The highest BCUT2D eigenvalue weighted by Crippen LogP contribution is 2.52. The van der Waals surface area contributed by atoms with Gasteiger partial charge in [-0.3, -0.25) is 9.59 Å². The molecular weight excluding hydrogens is 601 g/mol. The monoisotopic (exact) mass is 639 g/mol. The van der Waals surface area contributed by atoms with Crippen LogP contribution in [0.15, 0.2) is 58.9 Å². The van der Waals surface area contributed by atoms with E-state index in [1.165, 1.54) is 5.56 Å². The van der Waals surface area contributed by atoms with Gasteiger partial charge in [-0.05, 0) is 83.4 Å². The Hall–Kier alpha value is -2.61. The molecule has 0 saturated carbocycles. The van der Waals surface area contributed by atoms with Crippen molar-refractivity contribution < 1.29 is 19.1 Å². The normalized spacial score (nSPS) is 20.4. The third-order valence-electron chi connectivity index (χ3n) is 7.85. The molecule has 1 heterocycles. The molecule has 0 radical (unpaired) electrons. The Morgan fingerprint density at radius 3 is 2.08 bits per heavy atom. The van der Waals surface area contributed by atoms with Gasteiger partial charge in [0.2, 0.25) is 0 Å². The van der Waals surface area contributed by atoms with Crippen LogP contribution in [0.4, 0.5) is 0 Å². The Bertz CT molecular complexity index is 1360. The fraction of sp³-hybridized carbons (Fsp3) is 0.455. The van der Waals surface area contributed by atoms with Gasteiger partial charge in [0.25, 0.3) is 0 Å². The molecule has 39 heavy (non-hydrogen) atoms. The highest BCUT2D eigenvalue weighted by molar-refractivity contribution is 14.1. The molecule has 5 nitrogen and oxygen atoms in total. The van der Waals surface area contributed by atoms with E-state index in [0.717, 1.165) is 50.1 Å². The van der Waals surface area contributed by atoms with E-state index in [1.807, 2.05) is 19.1 Å². The minimum Gasteiger partial charge on any atom is -0.490 e. The summed E-state index contributed by atoms with van der Waals surface area (Å²) < 4.78 is 13.3. The maximum absolute atomic E-state index is 13.7. The number of hydrogen-bond donors (Lipinski definition) is 1. The van der Waals surface area contributed by atoms with Crippen LogP contribution in [0.3, 0.4) is 0 Å². The second-order valence-corrected chi connectivity index (χ2v) is 13.9. The Labute approximate surface area is 245 Å². The van der Waals surface area contributed by atoms with Gasteiger partial charge in [-0.2, -0.15) is 0 Å². The summed E-state index contributed by atoms with van der Waals surface area (Å²) in [5.74, 6) is 1.17. The average molecular weight is 640 g/mol. The van der Waals surface area contributed by atoms with Crippen molar-refractivity contribution in [1.29, 1.82) is 0 Å². The summed E-state index contributed by atoms with van der Waals surface area (Å²) in [5, 5.41) is 3.60. The molecule has 1 N–H and O–H groups in total. The van der Waals surface area contributed by atoms with E-state index < -0.39 is 5.92 Å². The number of Topliss-reactive ketones (excluding diaryl/α,β-unsaturated/α-hetero) is 2. The molecule has 206 valence electrons. The van der Waals surface area contributed by atoms with Crippen LogP contribution in [0.1, 0.15) is 82.9 Å². The lowest BCUT2D eigenvalue weighted by atomic mass is 9.64. The summed E-state index contributed by atoms with van der Waals surface area (Å²) in [4.78, 5) is 27.4. The van der Waals surface area contributed by atoms with E-state index in [0.29, 0.717) is 37.6 Å². The minimum absolute atomic E-state index is 0.121. The number of allylic oxidation sites excluding steroid dienone is 4. The lowest BCUT2D eigenvalue weighted by Crippen LogP contribution is -2.42. The molecule has 0 atom stereocenters. The van der Waals surface area contributed by atoms with Gasteiger partial charge in [0, 0.05) is 41.3 Å². The van der Waals surface area contributed by atoms with Crippen molar-refractivity contribution in [3.63, 3.8) is 0 Å². The van der Waals surface area contributed by atoms with Crippen molar-refractivity contribution in [3.05, 3.63) is 79.2 Å². The third kappa shape index (κ3) is 5.67. The van der Waals surface area contributed by atoms with Gasteiger partial charge in [-0.1, -0.05) is 57.5 Å². The molecule has 0 amide bonds. The number of ketones is 2. The van der Waals surface area contributed by atoms with Crippen LogP contribution >= 0.6 is 22.6 Å². The number of aryl methyl sites for hydroxylation is 1. The lowest BCUT2D eigenvalue weighted by Gasteiger charge is -2.44. The Morgan fingerprint density at radius 1 is 0.897 bits per heavy atom. The Morgan fingerprint density at radius 2 is 1.51 bits per heavy atom. The second kappa shape index (κ2) is 10.4. The number of dihydropyridines is 1. The molecule has 0 saturated heterocycles. The van der Waals surface area contributed by atoms with Crippen LogP contribution in [-0.2, 0) is 16.2 Å². The standard InChI is InChI=1S/C33H38INO4/c1-7-38-27-13-21(12-22(34)31(27)39-18-20-10-8-9-19(2)11-20)28-29-23(14-32(3,4)16-25(29)36)35-24-15-33(5,6)17-26(37)30(24)28/h8-13,28,35H,7,14-18H2,1-6H3. The quantitative estimate of drug-likeness (QED) is 0.331. The molecule has 1 aliphatic heterocycles. The van der Waals surface area contributed by atoms with E-state index in [9.17, 15) is 9.59 Å². The van der Waals surface area contributed by atoms with Crippen LogP contribution in [0, 0.1) is 21.3 Å². The SMILES string of the molecule is CCOc1cc(C2C3=C(CC(C)(C)CC3=O)NC3=C2C(=O)CC(C)(C)C3)cc(I)c1OCc1cccc(C)c1. The minimum atomic E-state index is -0.401. The first-order valence-corrected chi connectivity index (χ1v) is 14.9. The van der Waals surface area contributed by atoms with Crippen LogP contribution in [0.2, 0.25) is 0 Å². The molecule has 3 aliphatic rings. The smallest absolute Gasteiger partial charge is 0.174 e. The Balaban J connectivity index is 1.61. The van der Waals surface area contributed by atoms with Crippen LogP contribution in [-0.4, -0.2) is 18.2 Å². The van der Waals surface area contributed by atoms with Crippen LogP contribution < -0.4 is 14.8 Å². The Kier molecular flexibility index (Phi) is 7.46. The van der Waals surface area contributed by atoms with Gasteiger partial charge in [0.15, 0.2) is 23.1 Å². The van der Waals surface area contributed by atoms with Gasteiger partial charge in [0.05, 0.1) is 10.2 Å². The lowest BCUT2D eigenvalue weighted by molar-refractivity contribution is -0.119. The maximum atomic E-state index is 13.7. The molecule has 0 fully saturated rings. The van der Waals surface area contributed by atoms with Gasteiger partial charge in [-0.15, -0.1) is 0 Å². The molecule has 0 bridgehead atoms. The van der Waals surface area contributed by atoms with Crippen molar-refractivity contribution in [2.24, 2.45) is 10.8 Å². The zero-order chi connectivity index (χ0) is 28.1. The van der Waals surface area contributed by atoms with Gasteiger partial charge < -0.3 is 14.8 Å². The fourth-order valence-electron chi connectivity index (χ4n) is 6.34. The van der Waals surface area contributed by atoms with E-state index >= 15 is 0 Å². The van der Waals surface area contributed by atoms with Gasteiger partial charge in [0.1, 0.15) is 6.61 Å². The summed E-state index contributed by atoms with van der Waals surface area (Å²) in [6, 6.07) is 12.3. The third-order valence-corrected chi connectivity index (χ3v) is 8.65.